The minimum absolute atomic E-state index is 0.451. The quantitative estimate of drug-likeness (QED) is 0.516. The first kappa shape index (κ1) is 10.9. The van der Waals surface area contributed by atoms with Crippen molar-refractivity contribution in [2.45, 2.75) is 37.9 Å². The highest BCUT2D eigenvalue weighted by molar-refractivity contribution is 7.86. The van der Waals surface area contributed by atoms with Gasteiger partial charge in [0.2, 0.25) is 0 Å². The lowest BCUT2D eigenvalue weighted by atomic mass is 10.2. The topological polar surface area (TPSA) is 54.4 Å². The minimum atomic E-state index is -3.89. The summed E-state index contributed by atoms with van der Waals surface area (Å²) in [6.07, 6.45) is 3.29. The largest absolute Gasteiger partial charge is 0.285 e. The van der Waals surface area contributed by atoms with Crippen LogP contribution in [0.25, 0.3) is 0 Å². The predicted molar refractivity (Wildman–Crippen MR) is 44.8 cm³/mol. The van der Waals surface area contributed by atoms with Crippen LogP contribution in [0.1, 0.15) is 32.6 Å². The molecule has 0 fully saturated rings. The lowest BCUT2D eigenvalue weighted by Crippen LogP contribution is -2.16. The molecule has 0 aromatic rings. The molecule has 11 heavy (non-hydrogen) atoms. The summed E-state index contributed by atoms with van der Waals surface area (Å²) in [6.45, 7) is 5.38. The van der Waals surface area contributed by atoms with Crippen molar-refractivity contribution in [2.75, 3.05) is 0 Å². The van der Waals surface area contributed by atoms with E-state index < -0.39 is 15.4 Å². The van der Waals surface area contributed by atoms with Crippen LogP contribution in [0.3, 0.4) is 0 Å². The standard InChI is InChI=1S/C7H15O3S/c1-3-4-5-6-7(2)11(8,9)10/h7H,2-6H2,1H3,(H,8,9,10). The van der Waals surface area contributed by atoms with Crippen molar-refractivity contribution >= 4 is 10.1 Å². The summed E-state index contributed by atoms with van der Waals surface area (Å²) in [7, 11) is -3.89. The van der Waals surface area contributed by atoms with E-state index in [1.165, 1.54) is 0 Å². The van der Waals surface area contributed by atoms with Crippen molar-refractivity contribution in [3.05, 3.63) is 6.92 Å². The van der Waals surface area contributed by atoms with Gasteiger partial charge in [0.1, 0.15) is 0 Å². The van der Waals surface area contributed by atoms with Crippen LogP contribution in [-0.4, -0.2) is 18.2 Å². The molecule has 1 atom stereocenters. The molecule has 0 heterocycles. The molecule has 0 saturated heterocycles. The van der Waals surface area contributed by atoms with Gasteiger partial charge in [0.25, 0.3) is 10.1 Å². The van der Waals surface area contributed by atoms with E-state index in [2.05, 4.69) is 6.92 Å². The van der Waals surface area contributed by atoms with Gasteiger partial charge in [0, 0.05) is 0 Å². The summed E-state index contributed by atoms with van der Waals surface area (Å²) in [4.78, 5) is 0. The molecule has 0 aromatic heterocycles. The van der Waals surface area contributed by atoms with Gasteiger partial charge in [-0.1, -0.05) is 26.2 Å². The second kappa shape index (κ2) is 4.72. The van der Waals surface area contributed by atoms with Crippen molar-refractivity contribution in [3.63, 3.8) is 0 Å². The highest BCUT2D eigenvalue weighted by atomic mass is 32.2. The molecule has 1 radical (unpaired) electrons. The lowest BCUT2D eigenvalue weighted by molar-refractivity contribution is 0.468. The van der Waals surface area contributed by atoms with Crippen LogP contribution in [0.2, 0.25) is 0 Å². The fourth-order valence-corrected chi connectivity index (χ4v) is 1.24. The summed E-state index contributed by atoms with van der Waals surface area (Å²) < 4.78 is 29.3. The monoisotopic (exact) mass is 179 g/mol. The Labute approximate surface area is 68.6 Å². The van der Waals surface area contributed by atoms with Crippen LogP contribution in [0.5, 0.6) is 0 Å². The van der Waals surface area contributed by atoms with Gasteiger partial charge >= 0.3 is 0 Å². The minimum Gasteiger partial charge on any atom is -0.285 e. The molecule has 3 nitrogen and oxygen atoms in total. The van der Waals surface area contributed by atoms with Crippen LogP contribution in [-0.2, 0) is 10.1 Å². The molecule has 0 aliphatic carbocycles. The van der Waals surface area contributed by atoms with Gasteiger partial charge in [-0.15, -0.1) is 0 Å². The maximum Gasteiger partial charge on any atom is 0.267 e. The summed E-state index contributed by atoms with van der Waals surface area (Å²) >= 11 is 0. The van der Waals surface area contributed by atoms with Crippen LogP contribution >= 0.6 is 0 Å². The van der Waals surface area contributed by atoms with Crippen LogP contribution < -0.4 is 0 Å². The van der Waals surface area contributed by atoms with E-state index in [4.69, 9.17) is 4.55 Å². The maximum absolute atomic E-state index is 10.4. The zero-order valence-electron chi connectivity index (χ0n) is 6.78. The molecule has 0 spiro atoms. The Balaban J connectivity index is 3.62. The van der Waals surface area contributed by atoms with Crippen LogP contribution in [0, 0.1) is 6.92 Å². The van der Waals surface area contributed by atoms with Crippen LogP contribution in [0.4, 0.5) is 0 Å². The number of unbranched alkanes of at least 4 members (excludes halogenated alkanes) is 2. The SMILES string of the molecule is [CH2]C(CCCCC)S(=O)(=O)O. The molecular formula is C7H15O3S. The third kappa shape index (κ3) is 5.21. The fraction of sp³-hybridized carbons (Fsp3) is 0.857. The molecule has 0 aliphatic heterocycles. The zero-order chi connectivity index (χ0) is 8.91. The molecule has 67 valence electrons. The normalized spacial score (nSPS) is 14.8. The first-order valence-electron chi connectivity index (χ1n) is 3.78. The fourth-order valence-electron chi connectivity index (χ4n) is 0.771. The van der Waals surface area contributed by atoms with Crippen molar-refractivity contribution in [3.8, 4) is 0 Å². The molecule has 0 aromatic carbocycles. The highest BCUT2D eigenvalue weighted by Crippen LogP contribution is 2.08. The van der Waals surface area contributed by atoms with E-state index in [0.29, 0.717) is 6.42 Å². The predicted octanol–water partition coefficient (Wildman–Crippen LogP) is 1.66. The zero-order valence-corrected chi connectivity index (χ0v) is 7.60. The van der Waals surface area contributed by atoms with Crippen molar-refractivity contribution in [1.82, 2.24) is 0 Å². The molecule has 4 heteroatoms. The third-order valence-corrected chi connectivity index (χ3v) is 2.63. The second-order valence-corrected chi connectivity index (χ2v) is 4.33. The van der Waals surface area contributed by atoms with Crippen LogP contribution in [0.15, 0.2) is 0 Å². The molecule has 1 N–H and O–H groups in total. The van der Waals surface area contributed by atoms with Gasteiger partial charge in [-0.2, -0.15) is 8.42 Å². The number of hydrogen-bond donors (Lipinski definition) is 1. The number of rotatable bonds is 5. The van der Waals surface area contributed by atoms with Gasteiger partial charge < -0.3 is 0 Å². The van der Waals surface area contributed by atoms with E-state index in [9.17, 15) is 8.42 Å². The molecule has 0 rings (SSSR count). The third-order valence-electron chi connectivity index (χ3n) is 1.55. The van der Waals surface area contributed by atoms with Gasteiger partial charge in [0.15, 0.2) is 0 Å². The molecule has 0 aliphatic rings. The van der Waals surface area contributed by atoms with E-state index in [-0.39, 0.29) is 0 Å². The Bertz CT molecular complexity index is 184. The highest BCUT2D eigenvalue weighted by Gasteiger charge is 2.15. The second-order valence-electron chi connectivity index (χ2n) is 2.63. The van der Waals surface area contributed by atoms with Gasteiger partial charge in [0.05, 0.1) is 5.25 Å². The molecule has 1 unspecified atom stereocenters. The van der Waals surface area contributed by atoms with Gasteiger partial charge in [-0.25, -0.2) is 0 Å². The Morgan fingerprint density at radius 2 is 2.00 bits per heavy atom. The van der Waals surface area contributed by atoms with Crippen molar-refractivity contribution in [2.24, 2.45) is 0 Å². The van der Waals surface area contributed by atoms with E-state index >= 15 is 0 Å². The molecule has 0 bridgehead atoms. The Kier molecular flexibility index (Phi) is 4.68. The summed E-state index contributed by atoms with van der Waals surface area (Å²) in [5, 5.41) is -0.853. The number of hydrogen-bond acceptors (Lipinski definition) is 2. The first-order valence-corrected chi connectivity index (χ1v) is 5.28. The Morgan fingerprint density at radius 3 is 2.36 bits per heavy atom. The molecule has 0 saturated carbocycles. The molecule has 0 amide bonds. The van der Waals surface area contributed by atoms with Gasteiger partial charge in [-0.05, 0) is 13.3 Å². The van der Waals surface area contributed by atoms with E-state index in [1.54, 1.807) is 0 Å². The Hall–Kier alpha value is -0.0900. The smallest absolute Gasteiger partial charge is 0.267 e. The summed E-state index contributed by atoms with van der Waals surface area (Å²) in [5.74, 6) is 0. The van der Waals surface area contributed by atoms with Crippen molar-refractivity contribution in [1.29, 1.82) is 0 Å². The van der Waals surface area contributed by atoms with Crippen molar-refractivity contribution < 1.29 is 13.0 Å². The first-order chi connectivity index (χ1) is 4.98. The van der Waals surface area contributed by atoms with E-state index in [1.807, 2.05) is 6.92 Å². The average molecular weight is 179 g/mol. The summed E-state index contributed by atoms with van der Waals surface area (Å²) in [6, 6.07) is 0. The van der Waals surface area contributed by atoms with Gasteiger partial charge in [-0.3, -0.25) is 4.55 Å². The lowest BCUT2D eigenvalue weighted by Gasteiger charge is -2.05. The Morgan fingerprint density at radius 1 is 1.45 bits per heavy atom. The maximum atomic E-state index is 10.4. The summed E-state index contributed by atoms with van der Waals surface area (Å²) in [5.41, 5.74) is 0. The van der Waals surface area contributed by atoms with E-state index in [0.717, 1.165) is 19.3 Å². The average Bonchev–Trinajstić information content (AvgIpc) is 1.86. The molecular weight excluding hydrogens is 164 g/mol.